The van der Waals surface area contributed by atoms with E-state index in [0.717, 1.165) is 31.6 Å². The average molecular weight is 311 g/mol. The molecule has 0 atom stereocenters. The average Bonchev–Trinajstić information content (AvgIpc) is 2.46. The van der Waals surface area contributed by atoms with Gasteiger partial charge < -0.3 is 9.47 Å². The van der Waals surface area contributed by atoms with Gasteiger partial charge in [-0.25, -0.2) is 0 Å². The second-order valence-corrected chi connectivity index (χ2v) is 7.01. The third-order valence-corrected chi connectivity index (χ3v) is 4.34. The highest BCUT2D eigenvalue weighted by atomic mass is 16.7. The van der Waals surface area contributed by atoms with E-state index in [0.29, 0.717) is 0 Å². The van der Waals surface area contributed by atoms with Crippen LogP contribution in [0, 0.1) is 5.92 Å². The molecule has 0 aliphatic carbocycles. The standard InChI is InChI=1S/C20H38O2/c1-17(2)11-8-12-18(3)13-9-14-19(4)15-10-16-20(5,21-6)22-7/h13,15,17H,8-12,14,16H2,1-7H3/b18-13+,19-15+. The third kappa shape index (κ3) is 11.0. The Morgan fingerprint density at radius 1 is 0.955 bits per heavy atom. The molecule has 0 fully saturated rings. The SMILES string of the molecule is COC(C)(CC/C=C(\C)CC/C=C(\C)CCCC(C)C)OC. The van der Waals surface area contributed by atoms with Gasteiger partial charge in [-0.1, -0.05) is 43.6 Å². The van der Waals surface area contributed by atoms with E-state index in [2.05, 4.69) is 39.8 Å². The van der Waals surface area contributed by atoms with E-state index in [4.69, 9.17) is 9.47 Å². The summed E-state index contributed by atoms with van der Waals surface area (Å²) in [5.74, 6) is 0.367. The minimum atomic E-state index is -0.455. The molecule has 2 nitrogen and oxygen atoms in total. The molecule has 0 saturated heterocycles. The molecule has 0 N–H and O–H groups in total. The van der Waals surface area contributed by atoms with Gasteiger partial charge in [0, 0.05) is 20.6 Å². The first-order valence-corrected chi connectivity index (χ1v) is 8.74. The zero-order chi connectivity index (χ0) is 17.0. The van der Waals surface area contributed by atoms with Crippen molar-refractivity contribution in [2.75, 3.05) is 14.2 Å². The van der Waals surface area contributed by atoms with Crippen LogP contribution >= 0.6 is 0 Å². The van der Waals surface area contributed by atoms with Crippen LogP contribution in [-0.2, 0) is 9.47 Å². The summed E-state index contributed by atoms with van der Waals surface area (Å²) >= 11 is 0. The van der Waals surface area contributed by atoms with E-state index in [-0.39, 0.29) is 0 Å². The van der Waals surface area contributed by atoms with Crippen molar-refractivity contribution in [3.63, 3.8) is 0 Å². The molecule has 0 aromatic rings. The summed E-state index contributed by atoms with van der Waals surface area (Å²) in [6, 6.07) is 0. The minimum absolute atomic E-state index is 0.455. The Morgan fingerprint density at radius 3 is 2.05 bits per heavy atom. The molecule has 2 heteroatoms. The van der Waals surface area contributed by atoms with Crippen LogP contribution in [0.15, 0.2) is 23.3 Å². The molecule has 0 rings (SSSR count). The van der Waals surface area contributed by atoms with E-state index in [1.54, 1.807) is 19.8 Å². The first kappa shape index (κ1) is 21.4. The van der Waals surface area contributed by atoms with Gasteiger partial charge in [0.2, 0.25) is 0 Å². The van der Waals surface area contributed by atoms with E-state index in [1.807, 2.05) is 6.92 Å². The molecule has 0 aliphatic rings. The van der Waals surface area contributed by atoms with Gasteiger partial charge in [0.05, 0.1) is 0 Å². The normalized spacial score (nSPS) is 14.0. The van der Waals surface area contributed by atoms with Crippen molar-refractivity contribution < 1.29 is 9.47 Å². The lowest BCUT2D eigenvalue weighted by Crippen LogP contribution is -2.29. The lowest BCUT2D eigenvalue weighted by molar-refractivity contribution is -0.196. The molecule has 0 unspecified atom stereocenters. The Morgan fingerprint density at radius 2 is 1.50 bits per heavy atom. The van der Waals surface area contributed by atoms with Crippen molar-refractivity contribution in [2.24, 2.45) is 5.92 Å². The van der Waals surface area contributed by atoms with Gasteiger partial charge >= 0.3 is 0 Å². The van der Waals surface area contributed by atoms with Gasteiger partial charge in [-0.15, -0.1) is 0 Å². The van der Waals surface area contributed by atoms with Crippen LogP contribution in [0.25, 0.3) is 0 Å². The number of rotatable bonds is 12. The lowest BCUT2D eigenvalue weighted by atomic mass is 10.0. The number of methoxy groups -OCH3 is 2. The van der Waals surface area contributed by atoms with Crippen LogP contribution in [0.3, 0.4) is 0 Å². The van der Waals surface area contributed by atoms with Gasteiger partial charge in [-0.3, -0.25) is 0 Å². The predicted octanol–water partition coefficient (Wildman–Crippen LogP) is 6.27. The molecule has 0 saturated carbocycles. The Bertz CT molecular complexity index is 336. The largest absolute Gasteiger partial charge is 0.353 e. The van der Waals surface area contributed by atoms with Crippen LogP contribution in [-0.4, -0.2) is 20.0 Å². The van der Waals surface area contributed by atoms with E-state index in [9.17, 15) is 0 Å². The number of hydrogen-bond donors (Lipinski definition) is 0. The molecule has 0 radical (unpaired) electrons. The van der Waals surface area contributed by atoms with Gasteiger partial charge in [0.15, 0.2) is 5.79 Å². The summed E-state index contributed by atoms with van der Waals surface area (Å²) in [5.41, 5.74) is 3.00. The summed E-state index contributed by atoms with van der Waals surface area (Å²) in [4.78, 5) is 0. The molecule has 0 bridgehead atoms. The van der Waals surface area contributed by atoms with Gasteiger partial charge in [-0.05, 0) is 58.8 Å². The second kappa shape index (κ2) is 11.9. The first-order chi connectivity index (χ1) is 10.3. The smallest absolute Gasteiger partial charge is 0.165 e. The highest BCUT2D eigenvalue weighted by Crippen LogP contribution is 2.19. The molecule has 0 spiro atoms. The fourth-order valence-electron chi connectivity index (χ4n) is 2.41. The molecule has 0 aromatic heterocycles. The van der Waals surface area contributed by atoms with Crippen LogP contribution in [0.4, 0.5) is 0 Å². The van der Waals surface area contributed by atoms with Gasteiger partial charge in [0.25, 0.3) is 0 Å². The highest BCUT2D eigenvalue weighted by molar-refractivity contribution is 5.03. The van der Waals surface area contributed by atoms with Crippen molar-refractivity contribution in [3.8, 4) is 0 Å². The first-order valence-electron chi connectivity index (χ1n) is 8.74. The highest BCUT2D eigenvalue weighted by Gasteiger charge is 2.20. The maximum Gasteiger partial charge on any atom is 0.165 e. The summed E-state index contributed by atoms with van der Waals surface area (Å²) in [5, 5.41) is 0. The van der Waals surface area contributed by atoms with Crippen LogP contribution in [0.1, 0.15) is 79.6 Å². The summed E-state index contributed by atoms with van der Waals surface area (Å²) in [7, 11) is 3.40. The molecule has 0 amide bonds. The Labute approximate surface area is 139 Å². The maximum atomic E-state index is 5.37. The van der Waals surface area contributed by atoms with Crippen LogP contribution in [0.2, 0.25) is 0 Å². The van der Waals surface area contributed by atoms with Crippen LogP contribution < -0.4 is 0 Å². The number of ether oxygens (including phenoxy) is 2. The molecule has 22 heavy (non-hydrogen) atoms. The third-order valence-electron chi connectivity index (χ3n) is 4.34. The molecule has 0 heterocycles. The fourth-order valence-corrected chi connectivity index (χ4v) is 2.41. The lowest BCUT2D eigenvalue weighted by Gasteiger charge is -2.25. The topological polar surface area (TPSA) is 18.5 Å². The zero-order valence-corrected chi connectivity index (χ0v) is 16.0. The van der Waals surface area contributed by atoms with E-state index < -0.39 is 5.79 Å². The Kier molecular flexibility index (Phi) is 11.6. The van der Waals surface area contributed by atoms with Crippen molar-refractivity contribution >= 4 is 0 Å². The van der Waals surface area contributed by atoms with Crippen molar-refractivity contribution in [2.45, 2.75) is 85.4 Å². The van der Waals surface area contributed by atoms with E-state index in [1.165, 1.54) is 24.8 Å². The van der Waals surface area contributed by atoms with Crippen LogP contribution in [0.5, 0.6) is 0 Å². The number of allylic oxidation sites excluding steroid dienone is 4. The van der Waals surface area contributed by atoms with Crippen molar-refractivity contribution in [3.05, 3.63) is 23.3 Å². The van der Waals surface area contributed by atoms with E-state index >= 15 is 0 Å². The molecule has 0 aliphatic heterocycles. The zero-order valence-electron chi connectivity index (χ0n) is 16.0. The molecular weight excluding hydrogens is 272 g/mol. The monoisotopic (exact) mass is 310 g/mol. The van der Waals surface area contributed by atoms with Crippen molar-refractivity contribution in [1.82, 2.24) is 0 Å². The fraction of sp³-hybridized carbons (Fsp3) is 0.800. The maximum absolute atomic E-state index is 5.37. The van der Waals surface area contributed by atoms with Gasteiger partial charge in [-0.2, -0.15) is 0 Å². The summed E-state index contributed by atoms with van der Waals surface area (Å²) < 4.78 is 10.7. The Hall–Kier alpha value is -0.600. The molecule has 0 aromatic carbocycles. The number of hydrogen-bond acceptors (Lipinski definition) is 2. The second-order valence-electron chi connectivity index (χ2n) is 7.01. The van der Waals surface area contributed by atoms with Crippen molar-refractivity contribution in [1.29, 1.82) is 0 Å². The molecular formula is C20H38O2. The molecule has 130 valence electrons. The quantitative estimate of drug-likeness (QED) is 0.312. The minimum Gasteiger partial charge on any atom is -0.353 e. The predicted molar refractivity (Wildman–Crippen MR) is 97.1 cm³/mol. The van der Waals surface area contributed by atoms with Gasteiger partial charge in [0.1, 0.15) is 0 Å². The summed E-state index contributed by atoms with van der Waals surface area (Å²) in [6.45, 7) is 11.1. The summed E-state index contributed by atoms with van der Waals surface area (Å²) in [6.07, 6.45) is 12.8. The Balaban J connectivity index is 3.96.